The smallest absolute Gasteiger partial charge is 0.314 e. The molecule has 12 nitrogen and oxygen atoms in total. The van der Waals surface area contributed by atoms with Crippen molar-refractivity contribution in [3.8, 4) is 23.0 Å². The topological polar surface area (TPSA) is 142 Å². The molecule has 0 heterocycles. The lowest BCUT2D eigenvalue weighted by Gasteiger charge is -2.22. The van der Waals surface area contributed by atoms with Gasteiger partial charge in [0.1, 0.15) is 0 Å². The summed E-state index contributed by atoms with van der Waals surface area (Å²) in [5.74, 6) is 0.119. The second-order valence-electron chi connectivity index (χ2n) is 17.7. The van der Waals surface area contributed by atoms with Gasteiger partial charge in [0.25, 0.3) is 0 Å². The summed E-state index contributed by atoms with van der Waals surface area (Å²) in [5.41, 5.74) is -0.842. The van der Waals surface area contributed by atoms with Crippen LogP contribution in [-0.2, 0) is 51.0 Å². The van der Waals surface area contributed by atoms with Gasteiger partial charge in [0.05, 0.1) is 21.7 Å². The Bertz CT molecular complexity index is 1450. The fourth-order valence-corrected chi connectivity index (χ4v) is 4.42. The molecular formula is C42H62O12. The first-order valence-electron chi connectivity index (χ1n) is 18.2. The van der Waals surface area contributed by atoms with Crippen molar-refractivity contribution in [1.29, 1.82) is 0 Å². The molecule has 0 radical (unpaired) electrons. The first-order chi connectivity index (χ1) is 24.8. The molecule has 302 valence electrons. The van der Waals surface area contributed by atoms with Crippen molar-refractivity contribution in [2.45, 2.75) is 110 Å². The van der Waals surface area contributed by atoms with Gasteiger partial charge in [0, 0.05) is 0 Å². The van der Waals surface area contributed by atoms with Crippen LogP contribution in [0.4, 0.5) is 0 Å². The maximum Gasteiger partial charge on any atom is 0.314 e. The lowest BCUT2D eigenvalue weighted by molar-refractivity contribution is -0.161. The van der Waals surface area contributed by atoms with Gasteiger partial charge in [-0.3, -0.25) is 19.2 Å². The van der Waals surface area contributed by atoms with E-state index in [1.165, 1.54) is 0 Å². The van der Waals surface area contributed by atoms with Crippen LogP contribution in [0.5, 0.6) is 23.0 Å². The van der Waals surface area contributed by atoms with Crippen LogP contribution in [-0.4, -0.2) is 51.0 Å². The van der Waals surface area contributed by atoms with E-state index >= 15 is 0 Å². The molecule has 0 saturated carbocycles. The molecule has 0 aliphatic rings. The van der Waals surface area contributed by atoms with E-state index in [0.717, 1.165) is 11.1 Å². The normalized spacial score (nSPS) is 13.2. The third-order valence-corrected chi connectivity index (χ3v) is 8.17. The molecule has 0 aromatic heterocycles. The Morgan fingerprint density at radius 3 is 0.907 bits per heavy atom. The van der Waals surface area contributed by atoms with Crippen molar-refractivity contribution in [3.63, 3.8) is 0 Å². The van der Waals surface area contributed by atoms with E-state index in [2.05, 4.69) is 13.8 Å². The number of ether oxygens (including phenoxy) is 8. The summed E-state index contributed by atoms with van der Waals surface area (Å²) in [6, 6.07) is 11.0. The fourth-order valence-electron chi connectivity index (χ4n) is 4.42. The molecule has 2 aromatic rings. The zero-order valence-corrected chi connectivity index (χ0v) is 34.8. The Kier molecular flexibility index (Phi) is 16.2. The van der Waals surface area contributed by atoms with Gasteiger partial charge in [0.2, 0.25) is 27.2 Å². The molecule has 2 aromatic carbocycles. The number of carbonyl (C=O) groups is 4. The SMILES string of the molecule is C[C@H](Cc1ccc(OCOC(=O)C(C)(C)C)c(OCOC(=O)C(C)(C)C)c1)[C@@H](C)Cc1ccc(OCOC(=O)C(C)(C)C)c(OCOC(=O)C(C)(C)C)c1. The zero-order chi connectivity index (χ0) is 41.1. The van der Waals surface area contributed by atoms with Gasteiger partial charge in [-0.05, 0) is 143 Å². The summed E-state index contributed by atoms with van der Waals surface area (Å²) in [4.78, 5) is 49.2. The minimum Gasteiger partial charge on any atom is -0.453 e. The molecule has 0 N–H and O–H groups in total. The van der Waals surface area contributed by atoms with Crippen molar-refractivity contribution in [1.82, 2.24) is 0 Å². The number of carbonyl (C=O) groups excluding carboxylic acids is 4. The number of rotatable bonds is 17. The molecule has 0 aliphatic heterocycles. The number of benzene rings is 2. The largest absolute Gasteiger partial charge is 0.453 e. The second-order valence-corrected chi connectivity index (χ2v) is 17.7. The highest BCUT2D eigenvalue weighted by Gasteiger charge is 2.26. The Balaban J connectivity index is 2.21. The molecule has 0 saturated heterocycles. The Hall–Kier alpha value is -4.48. The van der Waals surface area contributed by atoms with Crippen LogP contribution >= 0.6 is 0 Å². The number of hydrogen-bond acceptors (Lipinski definition) is 12. The van der Waals surface area contributed by atoms with Crippen molar-refractivity contribution in [2.75, 3.05) is 27.2 Å². The van der Waals surface area contributed by atoms with E-state index in [-0.39, 0.29) is 39.0 Å². The third kappa shape index (κ3) is 15.5. The fraction of sp³-hybridized carbons (Fsp3) is 0.619. The third-order valence-electron chi connectivity index (χ3n) is 8.17. The minimum absolute atomic E-state index is 0.195. The van der Waals surface area contributed by atoms with Gasteiger partial charge in [-0.25, -0.2) is 0 Å². The molecule has 0 spiro atoms. The molecule has 0 aliphatic carbocycles. The summed E-state index contributed by atoms with van der Waals surface area (Å²) < 4.78 is 44.4. The predicted octanol–water partition coefficient (Wildman–Crippen LogP) is 8.45. The highest BCUT2D eigenvalue weighted by Crippen LogP contribution is 2.34. The first-order valence-corrected chi connectivity index (χ1v) is 18.2. The van der Waals surface area contributed by atoms with Crippen LogP contribution in [0.25, 0.3) is 0 Å². The van der Waals surface area contributed by atoms with Gasteiger partial charge in [-0.1, -0.05) is 26.0 Å². The van der Waals surface area contributed by atoms with E-state index in [1.54, 1.807) is 95.2 Å². The average molecular weight is 759 g/mol. The Labute approximate surface area is 321 Å². The zero-order valence-electron chi connectivity index (χ0n) is 34.8. The Morgan fingerprint density at radius 2 is 0.667 bits per heavy atom. The van der Waals surface area contributed by atoms with Gasteiger partial charge in [-0.15, -0.1) is 0 Å². The summed E-state index contributed by atoms with van der Waals surface area (Å²) in [5, 5.41) is 0. The Morgan fingerprint density at radius 1 is 0.426 bits per heavy atom. The molecular weight excluding hydrogens is 696 g/mol. The number of esters is 4. The summed E-state index contributed by atoms with van der Waals surface area (Å²) in [7, 11) is 0. The standard InChI is InChI=1S/C42H62O12/c1-27(19-29-15-17-31(47-23-51-35(43)39(3,4)5)33(21-29)49-25-53-37(45)41(9,10)11)28(2)20-30-16-18-32(48-24-52-36(44)40(6,7)8)34(22-30)50-26-54-38(46)42(12,13)14/h15-18,21-22,27-28H,19-20,23-26H2,1-14H3/t27-,28+. The maximum absolute atomic E-state index is 12.3. The van der Waals surface area contributed by atoms with Crippen molar-refractivity contribution >= 4 is 23.9 Å². The van der Waals surface area contributed by atoms with Gasteiger partial charge >= 0.3 is 23.9 Å². The van der Waals surface area contributed by atoms with E-state index in [1.807, 2.05) is 24.3 Å². The molecule has 12 heteroatoms. The van der Waals surface area contributed by atoms with E-state index in [9.17, 15) is 19.2 Å². The van der Waals surface area contributed by atoms with Crippen LogP contribution in [0.3, 0.4) is 0 Å². The average Bonchev–Trinajstić information content (AvgIpc) is 3.04. The lowest BCUT2D eigenvalue weighted by Crippen LogP contribution is -2.25. The van der Waals surface area contributed by atoms with Crippen LogP contribution in [0.1, 0.15) is 108 Å². The first kappa shape index (κ1) is 45.7. The van der Waals surface area contributed by atoms with Gasteiger partial charge in [-0.2, -0.15) is 0 Å². The van der Waals surface area contributed by atoms with Crippen LogP contribution in [0.2, 0.25) is 0 Å². The van der Waals surface area contributed by atoms with Crippen LogP contribution in [0.15, 0.2) is 36.4 Å². The molecule has 2 atom stereocenters. The lowest BCUT2D eigenvalue weighted by atomic mass is 9.85. The number of hydrogen-bond donors (Lipinski definition) is 0. The van der Waals surface area contributed by atoms with E-state index < -0.39 is 45.5 Å². The highest BCUT2D eigenvalue weighted by molar-refractivity contribution is 5.76. The van der Waals surface area contributed by atoms with Crippen molar-refractivity contribution in [2.24, 2.45) is 33.5 Å². The van der Waals surface area contributed by atoms with Crippen molar-refractivity contribution < 1.29 is 57.1 Å². The second kappa shape index (κ2) is 19.2. The van der Waals surface area contributed by atoms with Crippen LogP contribution < -0.4 is 18.9 Å². The maximum atomic E-state index is 12.3. The monoisotopic (exact) mass is 758 g/mol. The highest BCUT2D eigenvalue weighted by atomic mass is 16.7. The molecule has 0 fully saturated rings. The minimum atomic E-state index is -0.697. The molecule has 54 heavy (non-hydrogen) atoms. The quantitative estimate of drug-likeness (QED) is 0.0868. The van der Waals surface area contributed by atoms with E-state index in [4.69, 9.17) is 37.9 Å². The molecule has 0 bridgehead atoms. The van der Waals surface area contributed by atoms with Crippen molar-refractivity contribution in [3.05, 3.63) is 47.5 Å². The molecule has 0 unspecified atom stereocenters. The predicted molar refractivity (Wildman–Crippen MR) is 203 cm³/mol. The van der Waals surface area contributed by atoms with E-state index in [0.29, 0.717) is 35.8 Å². The van der Waals surface area contributed by atoms with Gasteiger partial charge in [0.15, 0.2) is 23.0 Å². The summed E-state index contributed by atoms with van der Waals surface area (Å²) >= 11 is 0. The van der Waals surface area contributed by atoms with Crippen LogP contribution in [0, 0.1) is 33.5 Å². The molecule has 0 amide bonds. The molecule has 2 rings (SSSR count). The van der Waals surface area contributed by atoms with Gasteiger partial charge < -0.3 is 37.9 Å². The summed E-state index contributed by atoms with van der Waals surface area (Å²) in [6.07, 6.45) is 1.37. The summed E-state index contributed by atoms with van der Waals surface area (Å²) in [6.45, 7) is 24.1.